The molecule has 1 atom stereocenters. The summed E-state index contributed by atoms with van der Waals surface area (Å²) in [6, 6.07) is 0. The van der Waals surface area contributed by atoms with Gasteiger partial charge in [0, 0.05) is 30.7 Å². The SMILES string of the molecule is C.C.C.CC(C)(C)N1CCC(O)CC1.CC(C)(C)N1CCCC(O)C1. The summed E-state index contributed by atoms with van der Waals surface area (Å²) in [4.78, 5) is 4.78. The molecule has 2 aliphatic rings. The third kappa shape index (κ3) is 11.2. The number of hydrogen-bond acceptors (Lipinski definition) is 4. The molecule has 2 heterocycles. The van der Waals surface area contributed by atoms with E-state index in [0.29, 0.717) is 0 Å². The minimum atomic E-state index is -0.0945. The molecule has 0 aromatic carbocycles. The highest BCUT2D eigenvalue weighted by atomic mass is 16.3. The van der Waals surface area contributed by atoms with Crippen molar-refractivity contribution < 1.29 is 10.2 Å². The van der Waals surface area contributed by atoms with Crippen LogP contribution in [0.15, 0.2) is 0 Å². The Bertz CT molecular complexity index is 313. The van der Waals surface area contributed by atoms with Crippen LogP contribution in [0.25, 0.3) is 0 Å². The molecule has 0 spiro atoms. The van der Waals surface area contributed by atoms with Crippen LogP contribution in [0.4, 0.5) is 0 Å². The number of β-amino-alcohol motifs (C(OH)–C–C–N with tert-alkyl or cyclic N) is 1. The van der Waals surface area contributed by atoms with E-state index < -0.39 is 0 Å². The normalized spacial score (nSPS) is 23.3. The highest BCUT2D eigenvalue weighted by Gasteiger charge is 2.26. The summed E-state index contributed by atoms with van der Waals surface area (Å²) in [5, 5.41) is 18.7. The van der Waals surface area contributed by atoms with Crippen molar-refractivity contribution >= 4 is 0 Å². The second-order valence-corrected chi connectivity index (χ2v) is 8.80. The first-order chi connectivity index (χ1) is 10.00. The molecule has 4 heteroatoms. The summed E-state index contributed by atoms with van der Waals surface area (Å²) in [6.45, 7) is 17.4. The number of aliphatic hydroxyl groups excluding tert-OH is 2. The maximum Gasteiger partial charge on any atom is 0.0667 e. The van der Waals surface area contributed by atoms with Gasteiger partial charge >= 0.3 is 0 Å². The fourth-order valence-corrected chi connectivity index (χ4v) is 3.10. The van der Waals surface area contributed by atoms with Crippen LogP contribution in [0.1, 0.15) is 89.5 Å². The van der Waals surface area contributed by atoms with E-state index in [2.05, 4.69) is 51.3 Å². The fourth-order valence-electron chi connectivity index (χ4n) is 3.10. The van der Waals surface area contributed by atoms with Crippen LogP contribution >= 0.6 is 0 Å². The Balaban J connectivity index is -0.000000346. The van der Waals surface area contributed by atoms with Gasteiger partial charge in [-0.15, -0.1) is 0 Å². The van der Waals surface area contributed by atoms with Crippen LogP contribution in [0, 0.1) is 0 Å². The van der Waals surface area contributed by atoms with E-state index >= 15 is 0 Å². The van der Waals surface area contributed by atoms with Gasteiger partial charge in [-0.2, -0.15) is 0 Å². The van der Waals surface area contributed by atoms with Crippen molar-refractivity contribution in [3.05, 3.63) is 0 Å². The minimum Gasteiger partial charge on any atom is -0.393 e. The lowest BCUT2D eigenvalue weighted by Gasteiger charge is -2.40. The average molecular weight is 363 g/mol. The Kier molecular flexibility index (Phi) is 14.5. The molecule has 2 fully saturated rings. The molecule has 0 aromatic rings. The number of nitrogens with zero attached hydrogens (tertiary/aromatic N) is 2. The van der Waals surface area contributed by atoms with Crippen molar-refractivity contribution in [1.29, 1.82) is 0 Å². The number of hydrogen-bond donors (Lipinski definition) is 2. The quantitative estimate of drug-likeness (QED) is 0.671. The van der Waals surface area contributed by atoms with Gasteiger partial charge in [0.25, 0.3) is 0 Å². The Morgan fingerprint density at radius 2 is 1.08 bits per heavy atom. The predicted molar refractivity (Wildman–Crippen MR) is 113 cm³/mol. The summed E-state index contributed by atoms with van der Waals surface area (Å²) < 4.78 is 0. The molecule has 2 saturated heterocycles. The van der Waals surface area contributed by atoms with Crippen LogP contribution in [-0.4, -0.2) is 69.5 Å². The Hall–Kier alpha value is -0.160. The van der Waals surface area contributed by atoms with Gasteiger partial charge < -0.3 is 10.2 Å². The molecule has 2 N–H and O–H groups in total. The van der Waals surface area contributed by atoms with Gasteiger partial charge in [0.05, 0.1) is 12.2 Å². The van der Waals surface area contributed by atoms with Crippen LogP contribution < -0.4 is 0 Å². The van der Waals surface area contributed by atoms with E-state index in [9.17, 15) is 10.2 Å². The van der Waals surface area contributed by atoms with Crippen LogP contribution in [0.3, 0.4) is 0 Å². The highest BCUT2D eigenvalue weighted by Crippen LogP contribution is 2.20. The Labute approximate surface area is 159 Å². The second-order valence-electron chi connectivity index (χ2n) is 8.80. The molecule has 0 saturated carbocycles. The smallest absolute Gasteiger partial charge is 0.0667 e. The molecular weight excluding hydrogens is 312 g/mol. The first-order valence-corrected chi connectivity index (χ1v) is 8.86. The highest BCUT2D eigenvalue weighted by molar-refractivity contribution is 4.82. The van der Waals surface area contributed by atoms with Crippen molar-refractivity contribution in [3.63, 3.8) is 0 Å². The summed E-state index contributed by atoms with van der Waals surface area (Å²) in [7, 11) is 0. The van der Waals surface area contributed by atoms with Crippen molar-refractivity contribution in [3.8, 4) is 0 Å². The predicted octanol–water partition coefficient (Wildman–Crippen LogP) is 4.39. The third-order valence-electron chi connectivity index (χ3n) is 4.76. The summed E-state index contributed by atoms with van der Waals surface area (Å²) in [6.07, 6.45) is 3.86. The van der Waals surface area contributed by atoms with Gasteiger partial charge in [-0.25, -0.2) is 0 Å². The number of likely N-dealkylation sites (tertiary alicyclic amines) is 2. The molecule has 25 heavy (non-hydrogen) atoms. The van der Waals surface area contributed by atoms with E-state index in [-0.39, 0.29) is 45.6 Å². The number of rotatable bonds is 0. The number of piperidine rings is 2. The van der Waals surface area contributed by atoms with Crippen LogP contribution in [-0.2, 0) is 0 Å². The lowest BCUT2D eigenvalue weighted by Crippen LogP contribution is -2.48. The fraction of sp³-hybridized carbons (Fsp3) is 1.00. The molecule has 0 aliphatic carbocycles. The lowest BCUT2D eigenvalue weighted by molar-refractivity contribution is 0.0224. The second kappa shape index (κ2) is 12.3. The molecule has 0 radical (unpaired) electrons. The first-order valence-electron chi connectivity index (χ1n) is 8.86. The first kappa shape index (κ1) is 29.6. The van der Waals surface area contributed by atoms with E-state index in [0.717, 1.165) is 51.9 Å². The third-order valence-corrected chi connectivity index (χ3v) is 4.76. The van der Waals surface area contributed by atoms with Crippen molar-refractivity contribution in [2.45, 2.75) is 113 Å². The molecule has 0 aromatic heterocycles. The van der Waals surface area contributed by atoms with Crippen molar-refractivity contribution in [2.75, 3.05) is 26.2 Å². The van der Waals surface area contributed by atoms with Crippen LogP contribution in [0.5, 0.6) is 0 Å². The maximum absolute atomic E-state index is 9.40. The van der Waals surface area contributed by atoms with Gasteiger partial charge in [0.2, 0.25) is 0 Å². The Morgan fingerprint density at radius 3 is 1.40 bits per heavy atom. The van der Waals surface area contributed by atoms with Gasteiger partial charge in [0.15, 0.2) is 0 Å². The van der Waals surface area contributed by atoms with Gasteiger partial charge in [0.1, 0.15) is 0 Å². The lowest BCUT2D eigenvalue weighted by atomic mass is 10.00. The topological polar surface area (TPSA) is 46.9 Å². The molecule has 2 aliphatic heterocycles. The zero-order chi connectivity index (χ0) is 17.0. The monoisotopic (exact) mass is 362 g/mol. The maximum atomic E-state index is 9.40. The zero-order valence-corrected chi connectivity index (χ0v) is 15.6. The van der Waals surface area contributed by atoms with Gasteiger partial charge in [-0.05, 0) is 73.8 Å². The van der Waals surface area contributed by atoms with Crippen LogP contribution in [0.2, 0.25) is 0 Å². The average Bonchev–Trinajstić information content (AvgIpc) is 2.38. The summed E-state index contributed by atoms with van der Waals surface area (Å²) in [5.74, 6) is 0. The van der Waals surface area contributed by atoms with Crippen molar-refractivity contribution in [1.82, 2.24) is 9.80 Å². The molecule has 4 nitrogen and oxygen atoms in total. The standard InChI is InChI=1S/2C9H19NO.3CH4/c1-9(2,3)10-6-4-8(11)5-7-10;1-9(2,3)10-6-4-5-8(11)7-10;;;/h2*8,11H,4-7H2,1-3H3;3*1H4. The molecule has 0 amide bonds. The van der Waals surface area contributed by atoms with E-state index in [4.69, 9.17) is 0 Å². The summed E-state index contributed by atoms with van der Waals surface area (Å²) in [5.41, 5.74) is 0.502. The van der Waals surface area contributed by atoms with E-state index in [1.165, 1.54) is 0 Å². The summed E-state index contributed by atoms with van der Waals surface area (Å²) >= 11 is 0. The largest absolute Gasteiger partial charge is 0.393 e. The van der Waals surface area contributed by atoms with Gasteiger partial charge in [-0.3, -0.25) is 9.80 Å². The molecular formula is C21H50N2O2. The van der Waals surface area contributed by atoms with Crippen molar-refractivity contribution in [2.24, 2.45) is 0 Å². The molecule has 0 bridgehead atoms. The van der Waals surface area contributed by atoms with E-state index in [1.807, 2.05) is 0 Å². The minimum absolute atomic E-state index is 0. The molecule has 1 unspecified atom stereocenters. The van der Waals surface area contributed by atoms with Gasteiger partial charge in [-0.1, -0.05) is 22.3 Å². The molecule has 156 valence electrons. The van der Waals surface area contributed by atoms with E-state index in [1.54, 1.807) is 0 Å². The zero-order valence-electron chi connectivity index (χ0n) is 15.6. The Morgan fingerprint density at radius 1 is 0.640 bits per heavy atom. The molecule has 2 rings (SSSR count). The number of aliphatic hydroxyl groups is 2.